The second-order valence-electron chi connectivity index (χ2n) is 11.5. The minimum absolute atomic E-state index is 0.0287. The maximum Gasteiger partial charge on any atom is 0.303 e. The number of carbonyl (C=O) groups excluding carboxylic acids is 1. The third-order valence-corrected chi connectivity index (χ3v) is 11.6. The summed E-state index contributed by atoms with van der Waals surface area (Å²) in [4.78, 5) is 25.5. The number of thiophene rings is 1. The number of rotatable bonds is 9. The van der Waals surface area contributed by atoms with Crippen LogP contribution in [-0.4, -0.2) is 54.0 Å². The number of alkyl halides is 2. The smallest absolute Gasteiger partial charge is 0.303 e. The molecule has 0 amide bonds. The fourth-order valence-corrected chi connectivity index (χ4v) is 8.15. The van der Waals surface area contributed by atoms with Crippen LogP contribution >= 0.6 is 11.3 Å². The molecular formula is C31H37F2N3O4S2. The Labute approximate surface area is 250 Å². The summed E-state index contributed by atoms with van der Waals surface area (Å²) in [6.45, 7) is 8.03. The topological polar surface area (TPSA) is 89.5 Å². The highest BCUT2D eigenvalue weighted by atomic mass is 32.2. The van der Waals surface area contributed by atoms with Crippen molar-refractivity contribution in [2.24, 2.45) is 0 Å². The Morgan fingerprint density at radius 3 is 2.43 bits per heavy atom. The molecule has 5 rings (SSSR count). The molecule has 2 aliphatic heterocycles. The number of aryl methyl sites for hydroxylation is 1. The van der Waals surface area contributed by atoms with Crippen LogP contribution in [-0.2, 0) is 38.9 Å². The summed E-state index contributed by atoms with van der Waals surface area (Å²) in [7, 11) is -3.25. The maximum absolute atomic E-state index is 13.5. The van der Waals surface area contributed by atoms with E-state index in [9.17, 15) is 22.0 Å². The highest BCUT2D eigenvalue weighted by molar-refractivity contribution is 7.91. The number of hydrogen-bond donors (Lipinski definition) is 0. The molecule has 2 aliphatic rings. The van der Waals surface area contributed by atoms with E-state index >= 15 is 0 Å². The Morgan fingerprint density at radius 2 is 1.83 bits per heavy atom. The van der Waals surface area contributed by atoms with Gasteiger partial charge in [-0.2, -0.15) is 8.78 Å². The predicted octanol–water partition coefficient (Wildman–Crippen LogP) is 6.27. The first-order valence-corrected chi connectivity index (χ1v) is 16.9. The molecular weight excluding hydrogens is 580 g/mol. The molecule has 0 saturated carbocycles. The number of likely N-dealkylation sites (tertiary alicyclic amines) is 1. The highest BCUT2D eigenvalue weighted by Crippen LogP contribution is 2.48. The van der Waals surface area contributed by atoms with Gasteiger partial charge in [0.05, 0.1) is 21.6 Å². The van der Waals surface area contributed by atoms with E-state index in [2.05, 4.69) is 21.8 Å². The maximum atomic E-state index is 13.5. The lowest BCUT2D eigenvalue weighted by Crippen LogP contribution is -2.48. The van der Waals surface area contributed by atoms with Gasteiger partial charge in [0, 0.05) is 55.3 Å². The Balaban J connectivity index is 1.25. The van der Waals surface area contributed by atoms with Crippen molar-refractivity contribution in [2.75, 3.05) is 18.8 Å². The van der Waals surface area contributed by atoms with Crippen LogP contribution in [0.2, 0.25) is 0 Å². The number of piperidine rings is 1. The Bertz CT molecular complexity index is 1530. The van der Waals surface area contributed by atoms with Gasteiger partial charge in [0.1, 0.15) is 5.60 Å². The summed E-state index contributed by atoms with van der Waals surface area (Å²) in [6, 6.07) is 8.81. The van der Waals surface area contributed by atoms with Crippen molar-refractivity contribution in [2.45, 2.75) is 88.4 Å². The summed E-state index contributed by atoms with van der Waals surface area (Å²) in [5.41, 5.74) is 2.46. The van der Waals surface area contributed by atoms with E-state index in [1.165, 1.54) is 18.0 Å². The number of ketones is 1. The number of carbonyl (C=O) groups is 1. The van der Waals surface area contributed by atoms with Crippen LogP contribution in [0.3, 0.4) is 0 Å². The first-order chi connectivity index (χ1) is 19.8. The number of hydrogen-bond acceptors (Lipinski definition) is 8. The van der Waals surface area contributed by atoms with Crippen molar-refractivity contribution in [1.82, 2.24) is 14.9 Å². The van der Waals surface area contributed by atoms with E-state index in [1.54, 1.807) is 42.5 Å². The first-order valence-electron chi connectivity index (χ1n) is 14.4. The molecule has 42 heavy (non-hydrogen) atoms. The van der Waals surface area contributed by atoms with Gasteiger partial charge in [-0.15, -0.1) is 11.3 Å². The zero-order valence-corrected chi connectivity index (χ0v) is 26.0. The lowest BCUT2D eigenvalue weighted by molar-refractivity contribution is -0.134. The first kappa shape index (κ1) is 30.8. The summed E-state index contributed by atoms with van der Waals surface area (Å²) in [5.74, 6) is -3.41. The summed E-state index contributed by atoms with van der Waals surface area (Å²) in [6.07, 6.45) is 6.20. The zero-order chi connectivity index (χ0) is 30.3. The van der Waals surface area contributed by atoms with Gasteiger partial charge in [0.15, 0.2) is 21.4 Å². The van der Waals surface area contributed by atoms with Crippen molar-refractivity contribution < 1.29 is 26.7 Å². The van der Waals surface area contributed by atoms with Gasteiger partial charge >= 0.3 is 5.92 Å². The SMILES string of the molecule is CCS(=O)(=O)c1ccc(CCC(=O)c2cc3c(s2)C2(CCN(C(C)c4cnc(C(C)(F)F)nc4)CC2)OC(C)C3)cc1. The van der Waals surface area contributed by atoms with Crippen molar-refractivity contribution in [3.8, 4) is 0 Å². The monoisotopic (exact) mass is 617 g/mol. The van der Waals surface area contributed by atoms with Crippen LogP contribution in [0.1, 0.15) is 90.1 Å². The molecule has 4 heterocycles. The summed E-state index contributed by atoms with van der Waals surface area (Å²) in [5, 5.41) is 0. The molecule has 226 valence electrons. The molecule has 1 spiro atoms. The van der Waals surface area contributed by atoms with Crippen LogP contribution < -0.4 is 0 Å². The van der Waals surface area contributed by atoms with Crippen molar-refractivity contribution in [1.29, 1.82) is 0 Å². The Morgan fingerprint density at radius 1 is 1.19 bits per heavy atom. The normalized spacial score (nSPS) is 19.9. The van der Waals surface area contributed by atoms with E-state index in [0.29, 0.717) is 17.7 Å². The van der Waals surface area contributed by atoms with Gasteiger partial charge in [-0.1, -0.05) is 19.1 Å². The van der Waals surface area contributed by atoms with Crippen molar-refractivity contribution in [3.63, 3.8) is 0 Å². The number of benzene rings is 1. The van der Waals surface area contributed by atoms with Crippen LogP contribution in [0.4, 0.5) is 8.78 Å². The Hall–Kier alpha value is -2.60. The quantitative estimate of drug-likeness (QED) is 0.262. The van der Waals surface area contributed by atoms with E-state index in [1.807, 2.05) is 13.0 Å². The van der Waals surface area contributed by atoms with Crippen LogP contribution in [0.15, 0.2) is 47.6 Å². The van der Waals surface area contributed by atoms with Crippen LogP contribution in [0, 0.1) is 0 Å². The number of ether oxygens (including phenoxy) is 1. The minimum Gasteiger partial charge on any atom is -0.366 e. The Kier molecular flexibility index (Phi) is 8.68. The number of aromatic nitrogens is 2. The average molecular weight is 618 g/mol. The van der Waals surface area contributed by atoms with Crippen molar-refractivity contribution >= 4 is 27.0 Å². The second-order valence-corrected chi connectivity index (χ2v) is 14.8. The van der Waals surface area contributed by atoms with E-state index < -0.39 is 27.2 Å². The van der Waals surface area contributed by atoms with Gasteiger partial charge in [0.25, 0.3) is 0 Å². The zero-order valence-electron chi connectivity index (χ0n) is 24.4. The molecule has 0 radical (unpaired) electrons. The number of halogens is 2. The molecule has 1 fully saturated rings. The van der Waals surface area contributed by atoms with Crippen molar-refractivity contribution in [3.05, 3.63) is 75.0 Å². The lowest BCUT2D eigenvalue weighted by Gasteiger charge is -2.47. The molecule has 2 atom stereocenters. The molecule has 7 nitrogen and oxygen atoms in total. The fourth-order valence-electron chi connectivity index (χ4n) is 5.91. The standard InChI is InChI=1S/C31H37F2N3O4S2/c1-5-42(38,39)25-9-6-22(7-10-25)8-11-26(37)27-17-23-16-20(2)40-31(28(23)41-27)12-14-36(15-13-31)21(3)24-18-34-29(35-19-24)30(4,32)33/h6-7,9-10,17-21H,5,8,11-16H2,1-4H3. The fraction of sp³-hybridized carbons (Fsp3) is 0.516. The molecule has 1 saturated heterocycles. The molecule has 0 aliphatic carbocycles. The number of sulfone groups is 1. The van der Waals surface area contributed by atoms with E-state index in [4.69, 9.17) is 4.74 Å². The van der Waals surface area contributed by atoms with E-state index in [0.717, 1.165) is 60.2 Å². The van der Waals surface area contributed by atoms with Gasteiger partial charge in [-0.3, -0.25) is 9.69 Å². The number of fused-ring (bicyclic) bond motifs is 2. The third kappa shape index (κ3) is 6.34. The minimum atomic E-state index is -3.25. The third-order valence-electron chi connectivity index (χ3n) is 8.44. The van der Waals surface area contributed by atoms with Gasteiger partial charge < -0.3 is 4.74 Å². The predicted molar refractivity (Wildman–Crippen MR) is 158 cm³/mol. The van der Waals surface area contributed by atoms with Crippen LogP contribution in [0.5, 0.6) is 0 Å². The average Bonchev–Trinajstić information content (AvgIpc) is 3.41. The highest BCUT2D eigenvalue weighted by Gasteiger charge is 2.45. The summed E-state index contributed by atoms with van der Waals surface area (Å²) >= 11 is 1.54. The van der Waals surface area contributed by atoms with Gasteiger partial charge in [-0.05, 0) is 68.9 Å². The van der Waals surface area contributed by atoms with E-state index in [-0.39, 0.29) is 23.7 Å². The van der Waals surface area contributed by atoms with Gasteiger partial charge in [0.2, 0.25) is 0 Å². The van der Waals surface area contributed by atoms with Gasteiger partial charge in [-0.25, -0.2) is 18.4 Å². The summed E-state index contributed by atoms with van der Waals surface area (Å²) < 4.78 is 57.8. The number of Topliss-reactive ketones (excluding diaryl/α,β-unsaturated/α-hetero) is 1. The molecule has 0 N–H and O–H groups in total. The van der Waals surface area contributed by atoms with Crippen LogP contribution in [0.25, 0.3) is 0 Å². The lowest BCUT2D eigenvalue weighted by atomic mass is 9.83. The molecule has 0 bridgehead atoms. The second kappa shape index (κ2) is 11.8. The molecule has 11 heteroatoms. The molecule has 2 unspecified atom stereocenters. The molecule has 1 aromatic carbocycles. The number of nitrogens with zero attached hydrogens (tertiary/aromatic N) is 3. The molecule has 2 aromatic heterocycles. The largest absolute Gasteiger partial charge is 0.366 e. The molecule has 3 aromatic rings.